The zero-order chi connectivity index (χ0) is 24.1. The summed E-state index contributed by atoms with van der Waals surface area (Å²) < 4.78 is 5.08. The molecule has 3 aromatic heterocycles. The molecule has 0 aliphatic carbocycles. The number of benzene rings is 1. The number of carbonyl (C=O) groups is 1. The van der Waals surface area contributed by atoms with Crippen LogP contribution in [0.15, 0.2) is 55.1 Å². The van der Waals surface area contributed by atoms with Crippen molar-refractivity contribution in [2.45, 2.75) is 19.5 Å². The molecular weight excluding hydrogens is 454 g/mol. The Kier molecular flexibility index (Phi) is 7.15. The van der Waals surface area contributed by atoms with Crippen molar-refractivity contribution in [2.75, 3.05) is 19.0 Å². The van der Waals surface area contributed by atoms with E-state index in [-0.39, 0.29) is 17.7 Å². The van der Waals surface area contributed by atoms with E-state index in [1.54, 1.807) is 43.9 Å². The van der Waals surface area contributed by atoms with Crippen molar-refractivity contribution in [3.63, 3.8) is 0 Å². The summed E-state index contributed by atoms with van der Waals surface area (Å²) in [6.45, 7) is 2.76. The minimum atomic E-state index is -0.293. The van der Waals surface area contributed by atoms with Crippen molar-refractivity contribution >= 4 is 40.1 Å². The number of methoxy groups -OCH3 is 1. The maximum atomic E-state index is 12.7. The van der Waals surface area contributed by atoms with Gasteiger partial charge >= 0.3 is 0 Å². The van der Waals surface area contributed by atoms with Crippen molar-refractivity contribution < 1.29 is 9.53 Å². The topological polar surface area (TPSA) is 129 Å². The van der Waals surface area contributed by atoms with Gasteiger partial charge in [-0.15, -0.1) is 0 Å². The Morgan fingerprint density at radius 2 is 2.12 bits per heavy atom. The van der Waals surface area contributed by atoms with E-state index in [1.165, 1.54) is 6.20 Å². The van der Waals surface area contributed by atoms with Crippen LogP contribution in [-0.2, 0) is 11.3 Å². The van der Waals surface area contributed by atoms with Crippen LogP contribution in [0, 0.1) is 5.41 Å². The highest BCUT2D eigenvalue weighted by Crippen LogP contribution is 2.25. The molecule has 3 heterocycles. The van der Waals surface area contributed by atoms with E-state index in [4.69, 9.17) is 21.7 Å². The van der Waals surface area contributed by atoms with Gasteiger partial charge in [-0.1, -0.05) is 17.7 Å². The Morgan fingerprint density at radius 3 is 2.88 bits per heavy atom. The molecule has 0 spiro atoms. The summed E-state index contributed by atoms with van der Waals surface area (Å²) in [5.74, 6) is -0.293. The molecule has 4 aromatic rings. The highest BCUT2D eigenvalue weighted by atomic mass is 35.5. The van der Waals surface area contributed by atoms with E-state index in [9.17, 15) is 4.79 Å². The number of aromatic amines is 1. The highest BCUT2D eigenvalue weighted by molar-refractivity contribution is 6.31. The minimum Gasteiger partial charge on any atom is -0.383 e. The zero-order valence-corrected chi connectivity index (χ0v) is 19.5. The summed E-state index contributed by atoms with van der Waals surface area (Å²) in [5, 5.41) is 15.5. The molecule has 4 N–H and O–H groups in total. The van der Waals surface area contributed by atoms with E-state index in [0.717, 1.165) is 5.56 Å². The van der Waals surface area contributed by atoms with Crippen LogP contribution in [0.1, 0.15) is 34.1 Å². The standard InChI is InChI=1S/C24H24ClN7O2/c1-14(13-34-2)31-24(33)18-11-29-23-22(18)32-20(12-30-23)21(26)17-6-5-16(25)8-19(17)28-10-15-4-3-7-27-9-15/h3-9,11-12,14,26,28H,10,13H2,1-2H3,(H,29,30)(H,31,33). The first-order chi connectivity index (χ1) is 16.5. The van der Waals surface area contributed by atoms with Crippen LogP contribution in [0.5, 0.6) is 0 Å². The second kappa shape index (κ2) is 10.4. The monoisotopic (exact) mass is 477 g/mol. The number of fused-ring (bicyclic) bond motifs is 1. The number of ether oxygens (including phenoxy) is 1. The normalized spacial score (nSPS) is 11.9. The largest absolute Gasteiger partial charge is 0.383 e. The summed E-state index contributed by atoms with van der Waals surface area (Å²) in [6.07, 6.45) is 6.56. The van der Waals surface area contributed by atoms with Crippen molar-refractivity contribution in [1.29, 1.82) is 5.41 Å². The molecule has 1 aromatic carbocycles. The van der Waals surface area contributed by atoms with Crippen molar-refractivity contribution in [3.05, 3.63) is 82.5 Å². The van der Waals surface area contributed by atoms with Gasteiger partial charge in [-0.05, 0) is 36.8 Å². The van der Waals surface area contributed by atoms with E-state index in [1.807, 2.05) is 19.1 Å². The van der Waals surface area contributed by atoms with E-state index >= 15 is 0 Å². The van der Waals surface area contributed by atoms with Gasteiger partial charge in [0.05, 0.1) is 24.1 Å². The first-order valence-corrected chi connectivity index (χ1v) is 11.0. The first kappa shape index (κ1) is 23.3. The number of amides is 1. The molecule has 174 valence electrons. The third kappa shape index (κ3) is 5.22. The van der Waals surface area contributed by atoms with Crippen LogP contribution >= 0.6 is 11.6 Å². The van der Waals surface area contributed by atoms with Crippen LogP contribution in [0.4, 0.5) is 5.69 Å². The molecule has 10 heteroatoms. The second-order valence-electron chi connectivity index (χ2n) is 7.76. The summed E-state index contributed by atoms with van der Waals surface area (Å²) in [7, 11) is 1.58. The van der Waals surface area contributed by atoms with Gasteiger partial charge in [0.1, 0.15) is 11.2 Å². The number of hydrogen-bond acceptors (Lipinski definition) is 7. The lowest BCUT2D eigenvalue weighted by atomic mass is 10.0. The number of H-pyrrole nitrogens is 1. The third-order valence-electron chi connectivity index (χ3n) is 5.13. The lowest BCUT2D eigenvalue weighted by Gasteiger charge is -2.14. The van der Waals surface area contributed by atoms with Crippen LogP contribution in [0.2, 0.25) is 5.02 Å². The Hall–Kier alpha value is -3.82. The van der Waals surface area contributed by atoms with Gasteiger partial charge in [-0.25, -0.2) is 9.97 Å². The van der Waals surface area contributed by atoms with Gasteiger partial charge in [0.15, 0.2) is 5.65 Å². The molecule has 0 bridgehead atoms. The molecule has 34 heavy (non-hydrogen) atoms. The number of carbonyl (C=O) groups excluding carboxylic acids is 1. The zero-order valence-electron chi connectivity index (χ0n) is 18.7. The van der Waals surface area contributed by atoms with Crippen LogP contribution in [0.3, 0.4) is 0 Å². The molecule has 0 aliphatic rings. The molecule has 1 atom stereocenters. The quantitative estimate of drug-likeness (QED) is 0.271. The molecule has 0 aliphatic heterocycles. The minimum absolute atomic E-state index is 0.153. The van der Waals surface area contributed by atoms with E-state index < -0.39 is 0 Å². The molecule has 0 fully saturated rings. The number of halogens is 1. The predicted molar refractivity (Wildman–Crippen MR) is 132 cm³/mol. The number of pyridine rings is 1. The smallest absolute Gasteiger partial charge is 0.255 e. The predicted octanol–water partition coefficient (Wildman–Crippen LogP) is 3.80. The third-order valence-corrected chi connectivity index (χ3v) is 5.37. The van der Waals surface area contributed by atoms with Crippen LogP contribution in [0.25, 0.3) is 11.2 Å². The summed E-state index contributed by atoms with van der Waals surface area (Å²) in [5.41, 5.74) is 3.98. The Labute approximate surface area is 201 Å². The lowest BCUT2D eigenvalue weighted by molar-refractivity contribution is 0.0907. The maximum absolute atomic E-state index is 12.7. The molecule has 0 radical (unpaired) electrons. The van der Waals surface area contributed by atoms with Gasteiger partial charge in [0.2, 0.25) is 0 Å². The Balaban J connectivity index is 1.62. The van der Waals surface area contributed by atoms with Crippen LogP contribution < -0.4 is 10.6 Å². The van der Waals surface area contributed by atoms with Crippen LogP contribution in [-0.4, -0.2) is 51.3 Å². The average molecular weight is 478 g/mol. The lowest BCUT2D eigenvalue weighted by Crippen LogP contribution is -2.35. The number of nitrogens with zero attached hydrogens (tertiary/aromatic N) is 3. The SMILES string of the molecule is COCC(C)NC(=O)c1c[nH]c2ncc(C(=N)c3ccc(Cl)cc3NCc3cccnc3)nc12. The van der Waals surface area contributed by atoms with Crippen molar-refractivity contribution in [2.24, 2.45) is 0 Å². The summed E-state index contributed by atoms with van der Waals surface area (Å²) in [4.78, 5) is 28.8. The van der Waals surface area contributed by atoms with Gasteiger partial charge in [-0.3, -0.25) is 15.2 Å². The molecule has 0 saturated carbocycles. The summed E-state index contributed by atoms with van der Waals surface area (Å²) in [6, 6.07) is 8.90. The van der Waals surface area contributed by atoms with Crippen molar-refractivity contribution in [1.82, 2.24) is 25.3 Å². The second-order valence-corrected chi connectivity index (χ2v) is 8.20. The maximum Gasteiger partial charge on any atom is 0.255 e. The first-order valence-electron chi connectivity index (χ1n) is 10.6. The fraction of sp³-hybridized carbons (Fsp3) is 0.208. The van der Waals surface area contributed by atoms with E-state index in [0.29, 0.717) is 51.8 Å². The van der Waals surface area contributed by atoms with Gasteiger partial charge in [-0.2, -0.15) is 0 Å². The molecule has 9 nitrogen and oxygen atoms in total. The van der Waals surface area contributed by atoms with E-state index in [2.05, 4.69) is 30.6 Å². The Morgan fingerprint density at radius 1 is 1.26 bits per heavy atom. The number of rotatable bonds is 9. The molecule has 0 saturated heterocycles. The van der Waals surface area contributed by atoms with Gasteiger partial charge < -0.3 is 20.4 Å². The fourth-order valence-electron chi connectivity index (χ4n) is 3.50. The summed E-state index contributed by atoms with van der Waals surface area (Å²) >= 11 is 6.22. The number of nitrogens with one attached hydrogen (secondary N) is 4. The molecule has 1 amide bonds. The highest BCUT2D eigenvalue weighted by Gasteiger charge is 2.19. The number of aromatic nitrogens is 4. The average Bonchev–Trinajstić information content (AvgIpc) is 3.26. The number of hydrogen-bond donors (Lipinski definition) is 4. The number of anilines is 1. The molecule has 1 unspecified atom stereocenters. The Bertz CT molecular complexity index is 1320. The van der Waals surface area contributed by atoms with Gasteiger partial charge in [0.25, 0.3) is 5.91 Å². The fourth-order valence-corrected chi connectivity index (χ4v) is 3.67. The van der Waals surface area contributed by atoms with Crippen molar-refractivity contribution in [3.8, 4) is 0 Å². The molecule has 4 rings (SSSR count). The van der Waals surface area contributed by atoms with Gasteiger partial charge in [0, 0.05) is 54.6 Å². The molecular formula is C24H24ClN7O2.